The van der Waals surface area contributed by atoms with Crippen LogP contribution in [-0.2, 0) is 15.7 Å². The van der Waals surface area contributed by atoms with Gasteiger partial charge in [-0.2, -0.15) is 13.2 Å². The Morgan fingerprint density at radius 1 is 1.44 bits per heavy atom. The summed E-state index contributed by atoms with van der Waals surface area (Å²) in [5.74, 6) is -0.708. The van der Waals surface area contributed by atoms with Gasteiger partial charge >= 0.3 is 6.18 Å². The molecule has 2 aromatic rings. The molecule has 1 unspecified atom stereocenters. The van der Waals surface area contributed by atoms with Crippen molar-refractivity contribution in [2.75, 3.05) is 26.8 Å². The summed E-state index contributed by atoms with van der Waals surface area (Å²) in [7, 11) is 1.43. The largest absolute Gasteiger partial charge is 0.417 e. The van der Waals surface area contributed by atoms with Crippen LogP contribution in [-0.4, -0.2) is 47.8 Å². The Balaban J connectivity index is 2.03. The number of carbonyl (C=O) groups is 1. The second kappa shape index (κ2) is 7.46. The van der Waals surface area contributed by atoms with E-state index in [-0.39, 0.29) is 47.7 Å². The highest BCUT2D eigenvalue weighted by molar-refractivity contribution is 5.82. The number of hydrogen-bond acceptors (Lipinski definition) is 5. The van der Waals surface area contributed by atoms with E-state index in [4.69, 9.17) is 9.26 Å². The minimum atomic E-state index is -4.55. The molecule has 0 radical (unpaired) electrons. The highest BCUT2D eigenvalue weighted by Gasteiger charge is 2.38. The van der Waals surface area contributed by atoms with Gasteiger partial charge in [-0.05, 0) is 24.8 Å². The number of hydrogen-bond donors (Lipinski definition) is 0. The standard InChI is InChI=1S/C18H22F3N3O3/c1-10(2)13-7-12(18(19,20)21)15-16(23-27-17(15)22-13)11-5-4-6-24(8-11)14(25)9-26-3/h7,10-11H,4-6,8-9H2,1-3H3. The molecule has 0 N–H and O–H groups in total. The molecule has 0 spiro atoms. The Morgan fingerprint density at radius 3 is 2.81 bits per heavy atom. The van der Waals surface area contributed by atoms with Crippen molar-refractivity contribution in [1.82, 2.24) is 15.0 Å². The van der Waals surface area contributed by atoms with Gasteiger partial charge in [0.1, 0.15) is 6.61 Å². The number of aromatic nitrogens is 2. The third-order valence-corrected chi connectivity index (χ3v) is 4.82. The molecule has 148 valence electrons. The number of ether oxygens (including phenoxy) is 1. The fraction of sp³-hybridized carbons (Fsp3) is 0.611. The Kier molecular flexibility index (Phi) is 5.41. The van der Waals surface area contributed by atoms with Crippen LogP contribution in [0.2, 0.25) is 0 Å². The first-order valence-electron chi connectivity index (χ1n) is 8.86. The second-order valence-corrected chi connectivity index (χ2v) is 7.11. The van der Waals surface area contributed by atoms with Crippen molar-refractivity contribution in [2.24, 2.45) is 0 Å². The van der Waals surface area contributed by atoms with Crippen LogP contribution in [0.15, 0.2) is 10.6 Å². The molecule has 3 rings (SSSR count). The molecule has 0 bridgehead atoms. The SMILES string of the molecule is COCC(=O)N1CCCC(c2noc3nc(C(C)C)cc(C(F)(F)F)c23)C1. The third kappa shape index (κ3) is 3.92. The van der Waals surface area contributed by atoms with Crippen molar-refractivity contribution >= 4 is 17.0 Å². The molecule has 1 saturated heterocycles. The van der Waals surface area contributed by atoms with E-state index in [1.807, 2.05) is 0 Å². The van der Waals surface area contributed by atoms with Gasteiger partial charge in [0, 0.05) is 31.8 Å². The lowest BCUT2D eigenvalue weighted by atomic mass is 9.91. The summed E-state index contributed by atoms with van der Waals surface area (Å²) >= 11 is 0. The number of carbonyl (C=O) groups excluding carboxylic acids is 1. The van der Waals surface area contributed by atoms with Crippen molar-refractivity contribution < 1.29 is 27.2 Å². The Morgan fingerprint density at radius 2 is 2.19 bits per heavy atom. The number of fused-ring (bicyclic) bond motifs is 1. The maximum Gasteiger partial charge on any atom is 0.417 e. The Bertz CT molecular complexity index is 832. The van der Waals surface area contributed by atoms with Crippen molar-refractivity contribution in [3.63, 3.8) is 0 Å². The molecular weight excluding hydrogens is 363 g/mol. The van der Waals surface area contributed by atoms with E-state index in [9.17, 15) is 18.0 Å². The number of rotatable bonds is 4. The topological polar surface area (TPSA) is 68.5 Å². The number of likely N-dealkylation sites (tertiary alicyclic amines) is 1. The van der Waals surface area contributed by atoms with E-state index in [2.05, 4.69) is 10.1 Å². The quantitative estimate of drug-likeness (QED) is 0.802. The number of piperidine rings is 1. The Labute approximate surface area is 154 Å². The maximum atomic E-state index is 13.7. The van der Waals surface area contributed by atoms with Crippen molar-refractivity contribution in [3.05, 3.63) is 23.0 Å². The highest BCUT2D eigenvalue weighted by atomic mass is 19.4. The smallest absolute Gasteiger partial charge is 0.375 e. The van der Waals surface area contributed by atoms with Gasteiger partial charge in [0.05, 0.1) is 16.6 Å². The normalized spacial score (nSPS) is 18.5. The van der Waals surface area contributed by atoms with Crippen LogP contribution in [0.3, 0.4) is 0 Å². The lowest BCUT2D eigenvalue weighted by molar-refractivity contribution is -0.137. The van der Waals surface area contributed by atoms with Crippen LogP contribution in [0, 0.1) is 0 Å². The monoisotopic (exact) mass is 385 g/mol. The predicted molar refractivity (Wildman–Crippen MR) is 91.3 cm³/mol. The lowest BCUT2D eigenvalue weighted by Gasteiger charge is -2.32. The fourth-order valence-electron chi connectivity index (χ4n) is 3.43. The number of pyridine rings is 1. The van der Waals surface area contributed by atoms with Crippen LogP contribution in [0.5, 0.6) is 0 Å². The first kappa shape index (κ1) is 19.6. The molecule has 27 heavy (non-hydrogen) atoms. The molecule has 0 aromatic carbocycles. The van der Waals surface area contributed by atoms with Crippen LogP contribution in [0.25, 0.3) is 11.1 Å². The van der Waals surface area contributed by atoms with E-state index in [1.165, 1.54) is 7.11 Å². The summed E-state index contributed by atoms with van der Waals surface area (Å²) in [4.78, 5) is 17.9. The van der Waals surface area contributed by atoms with E-state index in [0.29, 0.717) is 25.1 Å². The van der Waals surface area contributed by atoms with Gasteiger partial charge in [0.15, 0.2) is 0 Å². The average Bonchev–Trinajstić information content (AvgIpc) is 3.04. The molecule has 6 nitrogen and oxygen atoms in total. The summed E-state index contributed by atoms with van der Waals surface area (Å²) in [6.45, 7) is 4.32. The van der Waals surface area contributed by atoms with Gasteiger partial charge in [-0.15, -0.1) is 0 Å². The van der Waals surface area contributed by atoms with Crippen LogP contribution < -0.4 is 0 Å². The number of amides is 1. The van der Waals surface area contributed by atoms with Gasteiger partial charge in [-0.25, -0.2) is 4.98 Å². The van der Waals surface area contributed by atoms with Crippen LogP contribution in [0.4, 0.5) is 13.2 Å². The molecule has 0 saturated carbocycles. The second-order valence-electron chi connectivity index (χ2n) is 7.11. The van der Waals surface area contributed by atoms with Gasteiger partial charge in [0.25, 0.3) is 5.71 Å². The van der Waals surface area contributed by atoms with Gasteiger partial charge in [-0.3, -0.25) is 4.79 Å². The molecule has 9 heteroatoms. The predicted octanol–water partition coefficient (Wildman–Crippen LogP) is 3.72. The summed E-state index contributed by atoms with van der Waals surface area (Å²) in [6, 6.07) is 1.07. The molecule has 1 aliphatic rings. The molecule has 0 aliphatic carbocycles. The average molecular weight is 385 g/mol. The number of methoxy groups -OCH3 is 1. The maximum absolute atomic E-state index is 13.7. The molecular formula is C18H22F3N3O3. The van der Waals surface area contributed by atoms with Crippen LogP contribution in [0.1, 0.15) is 55.5 Å². The van der Waals surface area contributed by atoms with E-state index in [1.54, 1.807) is 18.7 Å². The minimum absolute atomic E-state index is 0.0562. The summed E-state index contributed by atoms with van der Waals surface area (Å²) in [5.41, 5.74) is -0.371. The van der Waals surface area contributed by atoms with Gasteiger partial charge in [0.2, 0.25) is 5.91 Å². The van der Waals surface area contributed by atoms with Crippen molar-refractivity contribution in [3.8, 4) is 0 Å². The zero-order valence-corrected chi connectivity index (χ0v) is 15.5. The van der Waals surface area contributed by atoms with Gasteiger partial charge in [-0.1, -0.05) is 19.0 Å². The van der Waals surface area contributed by atoms with Crippen molar-refractivity contribution in [1.29, 1.82) is 0 Å². The highest BCUT2D eigenvalue weighted by Crippen LogP contribution is 2.40. The zero-order valence-electron chi connectivity index (χ0n) is 15.5. The first-order chi connectivity index (χ1) is 12.7. The number of nitrogens with zero attached hydrogens (tertiary/aromatic N) is 3. The first-order valence-corrected chi connectivity index (χ1v) is 8.86. The third-order valence-electron chi connectivity index (χ3n) is 4.82. The molecule has 1 atom stereocenters. The number of halogens is 3. The lowest BCUT2D eigenvalue weighted by Crippen LogP contribution is -2.41. The van der Waals surface area contributed by atoms with Crippen molar-refractivity contribution in [2.45, 2.75) is 44.7 Å². The fourth-order valence-corrected chi connectivity index (χ4v) is 3.43. The summed E-state index contributed by atoms with van der Waals surface area (Å²) in [5, 5.41) is 3.83. The van der Waals surface area contributed by atoms with E-state index in [0.717, 1.165) is 6.07 Å². The molecule has 1 aliphatic heterocycles. The number of alkyl halides is 3. The zero-order chi connectivity index (χ0) is 19.8. The molecule has 2 aromatic heterocycles. The van der Waals surface area contributed by atoms with Gasteiger partial charge < -0.3 is 14.2 Å². The molecule has 1 amide bonds. The Hall–Kier alpha value is -2.16. The minimum Gasteiger partial charge on any atom is -0.375 e. The van der Waals surface area contributed by atoms with E-state index >= 15 is 0 Å². The summed E-state index contributed by atoms with van der Waals surface area (Å²) in [6.07, 6.45) is -3.25. The summed E-state index contributed by atoms with van der Waals surface area (Å²) < 4.78 is 51.2. The van der Waals surface area contributed by atoms with E-state index < -0.39 is 11.7 Å². The van der Waals surface area contributed by atoms with Crippen LogP contribution >= 0.6 is 0 Å². The molecule has 1 fully saturated rings. The molecule has 3 heterocycles.